The van der Waals surface area contributed by atoms with E-state index in [1.54, 1.807) is 6.07 Å². The van der Waals surface area contributed by atoms with E-state index in [0.717, 1.165) is 29.2 Å². The van der Waals surface area contributed by atoms with Crippen molar-refractivity contribution in [1.82, 2.24) is 9.88 Å². The molecule has 13 heteroatoms. The van der Waals surface area contributed by atoms with Crippen molar-refractivity contribution < 1.29 is 41.4 Å². The van der Waals surface area contributed by atoms with Gasteiger partial charge in [0.15, 0.2) is 0 Å². The van der Waals surface area contributed by atoms with Crippen molar-refractivity contribution in [3.63, 3.8) is 0 Å². The van der Waals surface area contributed by atoms with Gasteiger partial charge in [0, 0.05) is 55.1 Å². The van der Waals surface area contributed by atoms with Crippen molar-refractivity contribution in [2.45, 2.75) is 38.1 Å². The lowest BCUT2D eigenvalue weighted by molar-refractivity contribution is -0.118. The van der Waals surface area contributed by atoms with Crippen molar-refractivity contribution in [2.75, 3.05) is 25.7 Å². The van der Waals surface area contributed by atoms with Gasteiger partial charge < -0.3 is 29.0 Å². The zero-order valence-corrected chi connectivity index (χ0v) is 22.3. The number of hydrogen-bond donors (Lipinski definition) is 1. The molecule has 1 aliphatic rings. The molecule has 0 unspecified atom stereocenters. The number of carbonyl (C=O) groups excluding carboxylic acids is 2. The first-order chi connectivity index (χ1) is 19.6. The summed E-state index contributed by atoms with van der Waals surface area (Å²) in [5.41, 5.74) is -1.09. The minimum absolute atomic E-state index is 0.0263. The Morgan fingerprint density at radius 3 is 2.27 bits per heavy atom. The van der Waals surface area contributed by atoms with Crippen LogP contribution in [0.25, 0.3) is 0 Å². The van der Waals surface area contributed by atoms with Crippen LogP contribution in [0, 0.1) is 11.6 Å². The molecule has 0 spiro atoms. The number of benzene rings is 2. The molecule has 4 rings (SSSR count). The summed E-state index contributed by atoms with van der Waals surface area (Å²) in [6, 6.07) is 7.05. The summed E-state index contributed by atoms with van der Waals surface area (Å²) < 4.78 is 71.2. The first kappa shape index (κ1) is 29.6. The molecule has 2 aromatic carbocycles. The topological polar surface area (TPSA) is 99.1 Å². The average molecular weight is 578 g/mol. The number of hydrogen-bond acceptors (Lipinski definition) is 6. The molecule has 2 amide bonds. The Kier molecular flexibility index (Phi) is 8.96. The van der Waals surface area contributed by atoms with E-state index in [-0.39, 0.29) is 35.9 Å². The molecule has 1 aromatic heterocycles. The Balaban J connectivity index is 1.76. The number of methoxy groups -OCH3 is 2. The third kappa shape index (κ3) is 6.04. The number of aromatic nitrogens is 1. The molecule has 2 heterocycles. The Labute approximate surface area is 232 Å². The number of anilines is 1. The number of alkyl halides is 2. The van der Waals surface area contributed by atoms with Crippen molar-refractivity contribution in [1.29, 1.82) is 0 Å². The summed E-state index contributed by atoms with van der Waals surface area (Å²) in [6.45, 7) is -1.14. The molecule has 0 aliphatic carbocycles. The number of rotatable bonds is 10. The molecule has 9 nitrogen and oxygen atoms in total. The van der Waals surface area contributed by atoms with Crippen LogP contribution < -0.4 is 25.2 Å². The molecule has 3 atom stereocenters. The maximum atomic E-state index is 15.3. The fourth-order valence-electron chi connectivity index (χ4n) is 4.92. The maximum Gasteiger partial charge on any atom is 0.387 e. The van der Waals surface area contributed by atoms with Gasteiger partial charge in [-0.3, -0.25) is 14.4 Å². The van der Waals surface area contributed by atoms with Crippen molar-refractivity contribution in [3.05, 3.63) is 87.8 Å². The largest absolute Gasteiger partial charge is 0.497 e. The molecule has 41 heavy (non-hydrogen) atoms. The number of halogens is 4. The summed E-state index contributed by atoms with van der Waals surface area (Å²) in [7, 11) is 2.71. The van der Waals surface area contributed by atoms with Gasteiger partial charge in [0.25, 0.3) is 17.4 Å². The molecule has 0 saturated carbocycles. The van der Waals surface area contributed by atoms with Crippen LogP contribution in [0.2, 0.25) is 0 Å². The predicted molar refractivity (Wildman–Crippen MR) is 140 cm³/mol. The van der Waals surface area contributed by atoms with Crippen LogP contribution in [0.1, 0.15) is 28.8 Å². The van der Waals surface area contributed by atoms with Gasteiger partial charge in [0.05, 0.1) is 13.7 Å². The molecule has 1 aliphatic heterocycles. The van der Waals surface area contributed by atoms with Crippen LogP contribution in [0.4, 0.5) is 23.2 Å². The van der Waals surface area contributed by atoms with Crippen LogP contribution in [0.5, 0.6) is 11.5 Å². The highest BCUT2D eigenvalue weighted by Gasteiger charge is 2.50. The zero-order chi connectivity index (χ0) is 29.8. The molecule has 1 N–H and O–H groups in total. The number of ether oxygens (including phenoxy) is 3. The lowest BCUT2D eigenvalue weighted by Gasteiger charge is -2.26. The molecule has 3 aromatic rings. The van der Waals surface area contributed by atoms with Gasteiger partial charge in [0.1, 0.15) is 34.9 Å². The smallest absolute Gasteiger partial charge is 0.387 e. The molecule has 1 saturated heterocycles. The Hall–Kier alpha value is -4.39. The highest BCUT2D eigenvalue weighted by atomic mass is 19.3. The van der Waals surface area contributed by atoms with Crippen LogP contribution in [-0.4, -0.2) is 55.9 Å². The van der Waals surface area contributed by atoms with E-state index in [1.165, 1.54) is 50.1 Å². The molecular weight excluding hydrogens is 550 g/mol. The number of nitrogens with zero attached hydrogens (tertiary/aromatic N) is 2. The highest BCUT2D eigenvalue weighted by molar-refractivity contribution is 6.05. The van der Waals surface area contributed by atoms with Gasteiger partial charge in [0.2, 0.25) is 0 Å². The number of amides is 2. The number of carbonyl (C=O) groups is 2. The minimum atomic E-state index is -3.06. The van der Waals surface area contributed by atoms with Gasteiger partial charge in [-0.15, -0.1) is 0 Å². The van der Waals surface area contributed by atoms with Crippen LogP contribution in [0.3, 0.4) is 0 Å². The third-order valence-electron chi connectivity index (χ3n) is 6.84. The van der Waals surface area contributed by atoms with Crippen molar-refractivity contribution in [3.8, 4) is 11.5 Å². The second-order valence-corrected chi connectivity index (χ2v) is 9.22. The van der Waals surface area contributed by atoms with Gasteiger partial charge >= 0.3 is 6.61 Å². The van der Waals surface area contributed by atoms with Gasteiger partial charge in [-0.2, -0.15) is 8.78 Å². The summed E-state index contributed by atoms with van der Waals surface area (Å²) in [5, 5.41) is 2.52. The number of nitrogens with one attached hydrogen (secondary N) is 1. The lowest BCUT2D eigenvalue weighted by Crippen LogP contribution is -2.44. The Morgan fingerprint density at radius 1 is 1.02 bits per heavy atom. The fraction of sp³-hybridized carbons (Fsp3) is 0.321. The van der Waals surface area contributed by atoms with E-state index >= 15 is 8.78 Å². The molecular formula is C28H27F4N3O6. The van der Waals surface area contributed by atoms with E-state index in [2.05, 4.69) is 10.1 Å². The maximum absolute atomic E-state index is 15.3. The van der Waals surface area contributed by atoms with E-state index in [0.29, 0.717) is 0 Å². The summed E-state index contributed by atoms with van der Waals surface area (Å²) in [6.07, 6.45) is 1.51. The lowest BCUT2D eigenvalue weighted by atomic mass is 9.87. The summed E-state index contributed by atoms with van der Waals surface area (Å²) in [5.74, 6) is -5.16. The normalized spacial score (nSPS) is 18.6. The summed E-state index contributed by atoms with van der Waals surface area (Å²) in [4.78, 5) is 41.4. The molecule has 218 valence electrons. The fourth-order valence-corrected chi connectivity index (χ4v) is 4.92. The third-order valence-corrected chi connectivity index (χ3v) is 6.84. The molecule has 0 radical (unpaired) electrons. The van der Waals surface area contributed by atoms with Crippen molar-refractivity contribution >= 4 is 17.5 Å². The quantitative estimate of drug-likeness (QED) is 0.369. The van der Waals surface area contributed by atoms with Crippen LogP contribution in [0.15, 0.2) is 59.5 Å². The average Bonchev–Trinajstić information content (AvgIpc) is 3.16. The molecule has 0 bridgehead atoms. The predicted octanol–water partition coefficient (Wildman–Crippen LogP) is 3.70. The van der Waals surface area contributed by atoms with Crippen LogP contribution >= 0.6 is 0 Å². The zero-order valence-electron chi connectivity index (χ0n) is 22.3. The van der Waals surface area contributed by atoms with E-state index in [4.69, 9.17) is 9.47 Å². The SMILES string of the molecule is COCCn1cccc(N2C(=O)[C@@H](NC(=O)c3ccc(OC(F)F)cc3)[C@H](c3c(F)cc(OC)cc3F)[C@H]2C)c1=O. The Bertz CT molecular complexity index is 1460. The first-order valence-electron chi connectivity index (χ1n) is 12.5. The molecule has 1 fully saturated rings. The second-order valence-electron chi connectivity index (χ2n) is 9.22. The first-order valence-corrected chi connectivity index (χ1v) is 12.5. The van der Waals surface area contributed by atoms with E-state index < -0.39 is 59.2 Å². The Morgan fingerprint density at radius 2 is 1.68 bits per heavy atom. The van der Waals surface area contributed by atoms with E-state index in [1.807, 2.05) is 0 Å². The monoisotopic (exact) mass is 577 g/mol. The second kappa shape index (κ2) is 12.4. The van der Waals surface area contributed by atoms with Gasteiger partial charge in [-0.05, 0) is 43.3 Å². The minimum Gasteiger partial charge on any atom is -0.497 e. The van der Waals surface area contributed by atoms with Crippen molar-refractivity contribution in [2.24, 2.45) is 0 Å². The van der Waals surface area contributed by atoms with Gasteiger partial charge in [-0.25, -0.2) is 8.78 Å². The summed E-state index contributed by atoms with van der Waals surface area (Å²) >= 11 is 0. The van der Waals surface area contributed by atoms with Crippen LogP contribution in [-0.2, 0) is 16.1 Å². The number of pyridine rings is 1. The standard InChI is InChI=1S/C28H27F4N3O6/c1-15-22(23-19(29)13-18(40-3)14-20(23)30)24(33-25(36)16-6-8-17(9-7-16)41-28(31)32)27(38)35(15)21-5-4-10-34(26(21)37)11-12-39-2/h4-10,13-15,22,24,28H,11-12H2,1-3H3,(H,33,36)/t15-,22+,24+/m1/s1. The van der Waals surface area contributed by atoms with Gasteiger partial charge in [-0.1, -0.05) is 0 Å². The van der Waals surface area contributed by atoms with E-state index in [9.17, 15) is 23.2 Å². The highest BCUT2D eigenvalue weighted by Crippen LogP contribution is 2.40.